The van der Waals surface area contributed by atoms with Crippen molar-refractivity contribution in [3.63, 3.8) is 0 Å². The molecule has 1 N–H and O–H groups in total. The highest BCUT2D eigenvalue weighted by Crippen LogP contribution is 2.26. The monoisotopic (exact) mass is 237 g/mol. The van der Waals surface area contributed by atoms with E-state index < -0.39 is 5.97 Å². The van der Waals surface area contributed by atoms with Gasteiger partial charge in [-0.25, -0.2) is 4.79 Å². The minimum absolute atomic E-state index is 0.308. The molecule has 3 nitrogen and oxygen atoms in total. The van der Waals surface area contributed by atoms with Gasteiger partial charge >= 0.3 is 5.97 Å². The van der Waals surface area contributed by atoms with Crippen LogP contribution in [-0.4, -0.2) is 11.1 Å². The molecular weight excluding hydrogens is 226 g/mol. The molecule has 0 saturated heterocycles. The van der Waals surface area contributed by atoms with E-state index in [9.17, 15) is 9.90 Å². The van der Waals surface area contributed by atoms with Crippen molar-refractivity contribution >= 4 is 5.97 Å². The number of rotatable bonds is 2. The minimum Gasteiger partial charge on any atom is -0.478 e. The van der Waals surface area contributed by atoms with E-state index in [0.29, 0.717) is 16.7 Å². The molecule has 0 aliphatic rings. The number of carbonyl (C=O) groups is 1. The van der Waals surface area contributed by atoms with Crippen molar-refractivity contribution in [1.82, 2.24) is 0 Å². The van der Waals surface area contributed by atoms with Crippen molar-refractivity contribution < 1.29 is 9.90 Å². The average molecular weight is 237 g/mol. The Bertz CT molecular complexity index is 637. The summed E-state index contributed by atoms with van der Waals surface area (Å²) < 4.78 is 0. The maximum Gasteiger partial charge on any atom is 0.336 e. The smallest absolute Gasteiger partial charge is 0.336 e. The number of carboxylic acid groups (broad SMARTS) is 1. The lowest BCUT2D eigenvalue weighted by Gasteiger charge is -2.09. The summed E-state index contributed by atoms with van der Waals surface area (Å²) in [5.74, 6) is -0.938. The molecule has 0 saturated carbocycles. The van der Waals surface area contributed by atoms with Crippen LogP contribution in [0.3, 0.4) is 0 Å². The summed E-state index contributed by atoms with van der Waals surface area (Å²) in [5.41, 5.74) is 3.07. The second-order valence-corrected chi connectivity index (χ2v) is 3.99. The fourth-order valence-corrected chi connectivity index (χ4v) is 1.92. The van der Waals surface area contributed by atoms with Crippen molar-refractivity contribution in [3.05, 3.63) is 59.2 Å². The molecule has 0 bridgehead atoms. The third-order valence-electron chi connectivity index (χ3n) is 2.81. The number of hydrogen-bond donors (Lipinski definition) is 1. The topological polar surface area (TPSA) is 61.1 Å². The Morgan fingerprint density at radius 3 is 2.39 bits per heavy atom. The lowest BCUT2D eigenvalue weighted by molar-refractivity contribution is 0.0697. The first-order valence-corrected chi connectivity index (χ1v) is 5.47. The van der Waals surface area contributed by atoms with E-state index in [4.69, 9.17) is 5.26 Å². The first-order valence-electron chi connectivity index (χ1n) is 5.47. The molecule has 0 aliphatic heterocycles. The van der Waals surface area contributed by atoms with Crippen LogP contribution in [-0.2, 0) is 0 Å². The Balaban J connectivity index is 2.60. The molecule has 2 aromatic rings. The van der Waals surface area contributed by atoms with Crippen molar-refractivity contribution in [2.45, 2.75) is 6.92 Å². The van der Waals surface area contributed by atoms with Crippen LogP contribution < -0.4 is 0 Å². The van der Waals surface area contributed by atoms with Gasteiger partial charge in [-0.2, -0.15) is 5.26 Å². The van der Waals surface area contributed by atoms with Gasteiger partial charge < -0.3 is 5.11 Å². The number of nitriles is 1. The summed E-state index contributed by atoms with van der Waals surface area (Å²) in [6.45, 7) is 1.77. The maximum absolute atomic E-state index is 11.3. The zero-order valence-electron chi connectivity index (χ0n) is 9.84. The molecule has 0 aliphatic carbocycles. The molecule has 2 aromatic carbocycles. The van der Waals surface area contributed by atoms with E-state index in [0.717, 1.165) is 11.1 Å². The van der Waals surface area contributed by atoms with Crippen LogP contribution in [0.15, 0.2) is 42.5 Å². The summed E-state index contributed by atoms with van der Waals surface area (Å²) in [6, 6.07) is 14.3. The van der Waals surface area contributed by atoms with Crippen LogP contribution in [0.1, 0.15) is 21.5 Å². The molecule has 0 heterocycles. The van der Waals surface area contributed by atoms with Crippen LogP contribution in [0.2, 0.25) is 0 Å². The molecule has 0 aromatic heterocycles. The van der Waals surface area contributed by atoms with Crippen molar-refractivity contribution in [3.8, 4) is 17.2 Å². The Morgan fingerprint density at radius 1 is 1.17 bits per heavy atom. The van der Waals surface area contributed by atoms with Crippen LogP contribution in [0.4, 0.5) is 0 Å². The van der Waals surface area contributed by atoms with E-state index in [1.807, 2.05) is 12.1 Å². The first kappa shape index (κ1) is 11.9. The van der Waals surface area contributed by atoms with Gasteiger partial charge in [-0.1, -0.05) is 30.3 Å². The number of hydrogen-bond acceptors (Lipinski definition) is 2. The second kappa shape index (κ2) is 4.72. The standard InChI is InChI=1S/C15H11NO2/c1-10-3-2-4-13(14(10)15(17)18)12-7-5-11(9-16)6-8-12/h2-8H,1H3,(H,17,18). The summed E-state index contributed by atoms with van der Waals surface area (Å²) >= 11 is 0. The molecule has 88 valence electrons. The number of nitrogens with zero attached hydrogens (tertiary/aromatic N) is 1. The molecule has 2 rings (SSSR count). The van der Waals surface area contributed by atoms with Gasteiger partial charge in [0.05, 0.1) is 17.2 Å². The lowest BCUT2D eigenvalue weighted by atomic mass is 9.95. The molecule has 18 heavy (non-hydrogen) atoms. The molecule has 0 fully saturated rings. The quantitative estimate of drug-likeness (QED) is 0.872. The number of aryl methyl sites for hydroxylation is 1. The Hall–Kier alpha value is -2.60. The molecule has 0 atom stereocenters. The van der Waals surface area contributed by atoms with Gasteiger partial charge in [0.15, 0.2) is 0 Å². The summed E-state index contributed by atoms with van der Waals surface area (Å²) in [5, 5.41) is 18.0. The fourth-order valence-electron chi connectivity index (χ4n) is 1.92. The molecule has 0 radical (unpaired) electrons. The van der Waals surface area contributed by atoms with E-state index in [2.05, 4.69) is 0 Å². The van der Waals surface area contributed by atoms with Crippen molar-refractivity contribution in [1.29, 1.82) is 5.26 Å². The summed E-state index contributed by atoms with van der Waals surface area (Å²) in [4.78, 5) is 11.3. The largest absolute Gasteiger partial charge is 0.478 e. The van der Waals surface area contributed by atoms with E-state index in [-0.39, 0.29) is 0 Å². The SMILES string of the molecule is Cc1cccc(-c2ccc(C#N)cc2)c1C(=O)O. The zero-order valence-corrected chi connectivity index (χ0v) is 9.84. The van der Waals surface area contributed by atoms with E-state index in [1.165, 1.54) is 0 Å². The molecule has 0 spiro atoms. The van der Waals surface area contributed by atoms with Gasteiger partial charge in [0.1, 0.15) is 0 Å². The third kappa shape index (κ3) is 2.09. The first-order chi connectivity index (χ1) is 8.63. The highest BCUT2D eigenvalue weighted by atomic mass is 16.4. The van der Waals surface area contributed by atoms with Gasteiger partial charge in [0, 0.05) is 0 Å². The van der Waals surface area contributed by atoms with Gasteiger partial charge in [-0.05, 0) is 35.7 Å². The zero-order chi connectivity index (χ0) is 13.1. The van der Waals surface area contributed by atoms with Gasteiger partial charge in [0.25, 0.3) is 0 Å². The van der Waals surface area contributed by atoms with Gasteiger partial charge in [-0.3, -0.25) is 0 Å². The predicted molar refractivity (Wildman–Crippen MR) is 68.3 cm³/mol. The molecule has 0 amide bonds. The molecule has 3 heteroatoms. The Morgan fingerprint density at radius 2 is 1.83 bits per heavy atom. The van der Waals surface area contributed by atoms with Crippen LogP contribution >= 0.6 is 0 Å². The maximum atomic E-state index is 11.3. The van der Waals surface area contributed by atoms with Crippen molar-refractivity contribution in [2.75, 3.05) is 0 Å². The predicted octanol–water partition coefficient (Wildman–Crippen LogP) is 3.23. The third-order valence-corrected chi connectivity index (χ3v) is 2.81. The summed E-state index contributed by atoms with van der Waals surface area (Å²) in [7, 11) is 0. The van der Waals surface area contributed by atoms with E-state index >= 15 is 0 Å². The van der Waals surface area contributed by atoms with Crippen molar-refractivity contribution in [2.24, 2.45) is 0 Å². The number of aromatic carboxylic acids is 1. The Labute approximate surface area is 105 Å². The molecule has 0 unspecified atom stereocenters. The molecular formula is C15H11NO2. The lowest BCUT2D eigenvalue weighted by Crippen LogP contribution is -2.02. The summed E-state index contributed by atoms with van der Waals surface area (Å²) in [6.07, 6.45) is 0. The second-order valence-electron chi connectivity index (χ2n) is 3.99. The van der Waals surface area contributed by atoms with Crippen LogP contribution in [0.25, 0.3) is 11.1 Å². The van der Waals surface area contributed by atoms with Gasteiger partial charge in [-0.15, -0.1) is 0 Å². The van der Waals surface area contributed by atoms with Gasteiger partial charge in [0.2, 0.25) is 0 Å². The Kier molecular flexibility index (Phi) is 3.11. The average Bonchev–Trinajstić information content (AvgIpc) is 2.38. The minimum atomic E-state index is -0.938. The number of benzene rings is 2. The highest BCUT2D eigenvalue weighted by molar-refractivity contribution is 5.97. The van der Waals surface area contributed by atoms with E-state index in [1.54, 1.807) is 43.3 Å². The van der Waals surface area contributed by atoms with Crippen LogP contribution in [0.5, 0.6) is 0 Å². The normalized spacial score (nSPS) is 9.78. The van der Waals surface area contributed by atoms with Crippen LogP contribution in [0, 0.1) is 18.3 Å². The number of carboxylic acids is 1. The fraction of sp³-hybridized carbons (Fsp3) is 0.0667. The highest BCUT2D eigenvalue weighted by Gasteiger charge is 2.13.